The summed E-state index contributed by atoms with van der Waals surface area (Å²) in [5.41, 5.74) is 0.342. The van der Waals surface area contributed by atoms with Gasteiger partial charge in [-0.2, -0.15) is 0 Å². The van der Waals surface area contributed by atoms with Gasteiger partial charge in [-0.1, -0.05) is 13.3 Å². The molecule has 8 nitrogen and oxygen atoms in total. The predicted octanol–water partition coefficient (Wildman–Crippen LogP) is 3.21. The van der Waals surface area contributed by atoms with Crippen LogP contribution >= 0.6 is 0 Å². The number of hydrogen-bond acceptors (Lipinski definition) is 6. The lowest BCUT2D eigenvalue weighted by atomic mass is 10.2. The summed E-state index contributed by atoms with van der Waals surface area (Å²) in [7, 11) is 0.344. The second-order valence-electron chi connectivity index (χ2n) is 6.98. The Bertz CT molecular complexity index is 976. The predicted molar refractivity (Wildman–Crippen MR) is 120 cm³/mol. The molecule has 0 radical (unpaired) electrons. The Hall–Kier alpha value is -2.94. The van der Waals surface area contributed by atoms with Gasteiger partial charge in [0.15, 0.2) is 11.5 Å². The van der Waals surface area contributed by atoms with Crippen LogP contribution in [-0.2, 0) is 14.8 Å². The number of nitrogens with zero attached hydrogens (tertiary/aromatic N) is 1. The highest BCUT2D eigenvalue weighted by Crippen LogP contribution is 2.32. The largest absolute Gasteiger partial charge is 0.497 e. The van der Waals surface area contributed by atoms with Crippen molar-refractivity contribution in [3.8, 4) is 17.2 Å². The van der Waals surface area contributed by atoms with Gasteiger partial charge in [-0.15, -0.1) is 0 Å². The maximum atomic E-state index is 13.5. The van der Waals surface area contributed by atoms with E-state index in [1.54, 1.807) is 24.3 Å². The van der Waals surface area contributed by atoms with E-state index >= 15 is 0 Å². The first-order valence-electron chi connectivity index (χ1n) is 9.95. The Labute approximate surface area is 184 Å². The van der Waals surface area contributed by atoms with Gasteiger partial charge in [0.05, 0.1) is 31.9 Å². The molecule has 2 aromatic carbocycles. The van der Waals surface area contributed by atoms with Crippen molar-refractivity contribution < 1.29 is 27.4 Å². The van der Waals surface area contributed by atoms with E-state index in [9.17, 15) is 13.2 Å². The van der Waals surface area contributed by atoms with Crippen LogP contribution in [0.15, 0.2) is 47.4 Å². The molecule has 0 aliphatic heterocycles. The second-order valence-corrected chi connectivity index (χ2v) is 8.85. The summed E-state index contributed by atoms with van der Waals surface area (Å²) in [6.07, 6.45) is 1.71. The first-order valence-corrected chi connectivity index (χ1v) is 11.4. The summed E-state index contributed by atoms with van der Waals surface area (Å²) in [5.74, 6) is 0.872. The number of nitrogens with one attached hydrogen (secondary N) is 1. The normalized spacial score (nSPS) is 12.0. The summed E-state index contributed by atoms with van der Waals surface area (Å²) in [5, 5.41) is 2.85. The van der Waals surface area contributed by atoms with Crippen molar-refractivity contribution in [3.05, 3.63) is 42.5 Å². The Kier molecular flexibility index (Phi) is 8.56. The van der Waals surface area contributed by atoms with Crippen molar-refractivity contribution in [1.29, 1.82) is 0 Å². The molecule has 1 atom stereocenters. The second kappa shape index (κ2) is 10.9. The third-order valence-corrected chi connectivity index (χ3v) is 6.49. The highest BCUT2D eigenvalue weighted by Gasteiger charge is 2.28. The van der Waals surface area contributed by atoms with Crippen LogP contribution in [0.5, 0.6) is 17.2 Å². The van der Waals surface area contributed by atoms with Gasteiger partial charge in [0, 0.05) is 12.1 Å². The lowest BCUT2D eigenvalue weighted by Gasteiger charge is -2.25. The van der Waals surface area contributed by atoms with Crippen LogP contribution in [0.2, 0.25) is 0 Å². The molecule has 0 unspecified atom stereocenters. The van der Waals surface area contributed by atoms with E-state index in [0.29, 0.717) is 17.2 Å². The van der Waals surface area contributed by atoms with Crippen LogP contribution < -0.4 is 23.8 Å². The first kappa shape index (κ1) is 24.3. The van der Waals surface area contributed by atoms with Crippen LogP contribution in [0.25, 0.3) is 0 Å². The maximum absolute atomic E-state index is 13.5. The maximum Gasteiger partial charge on any atom is 0.264 e. The van der Waals surface area contributed by atoms with Crippen LogP contribution in [-0.4, -0.2) is 48.2 Å². The Morgan fingerprint density at radius 1 is 1.00 bits per heavy atom. The highest BCUT2D eigenvalue weighted by atomic mass is 32.2. The number of ether oxygens (including phenoxy) is 3. The monoisotopic (exact) mass is 450 g/mol. The molecule has 0 heterocycles. The smallest absolute Gasteiger partial charge is 0.264 e. The molecule has 0 saturated heterocycles. The summed E-state index contributed by atoms with van der Waals surface area (Å²) in [6.45, 7) is 3.55. The van der Waals surface area contributed by atoms with Gasteiger partial charge in [-0.05, 0) is 49.7 Å². The molecular formula is C22H30N2O6S. The van der Waals surface area contributed by atoms with Gasteiger partial charge in [-0.3, -0.25) is 9.10 Å². The number of benzene rings is 2. The van der Waals surface area contributed by atoms with Crippen LogP contribution in [0, 0.1) is 0 Å². The van der Waals surface area contributed by atoms with Crippen molar-refractivity contribution in [1.82, 2.24) is 5.32 Å². The Morgan fingerprint density at radius 2 is 1.65 bits per heavy atom. The zero-order valence-corrected chi connectivity index (χ0v) is 19.4. The molecule has 0 aromatic heterocycles. The lowest BCUT2D eigenvalue weighted by Crippen LogP contribution is -2.43. The molecule has 0 aliphatic rings. The average Bonchev–Trinajstić information content (AvgIpc) is 2.77. The molecule has 0 bridgehead atoms. The average molecular weight is 451 g/mol. The van der Waals surface area contributed by atoms with Gasteiger partial charge in [0.25, 0.3) is 10.0 Å². The van der Waals surface area contributed by atoms with E-state index in [2.05, 4.69) is 5.32 Å². The number of anilines is 1. The van der Waals surface area contributed by atoms with Crippen LogP contribution in [0.3, 0.4) is 0 Å². The van der Waals surface area contributed by atoms with Crippen molar-refractivity contribution >= 4 is 21.6 Å². The molecule has 0 aliphatic carbocycles. The molecule has 9 heteroatoms. The van der Waals surface area contributed by atoms with E-state index in [4.69, 9.17) is 14.2 Å². The minimum Gasteiger partial charge on any atom is -0.497 e. The van der Waals surface area contributed by atoms with Gasteiger partial charge >= 0.3 is 0 Å². The van der Waals surface area contributed by atoms with E-state index in [1.807, 2.05) is 13.8 Å². The molecule has 0 saturated carbocycles. The van der Waals surface area contributed by atoms with Gasteiger partial charge in [0.2, 0.25) is 5.91 Å². The highest BCUT2D eigenvalue weighted by molar-refractivity contribution is 7.92. The summed E-state index contributed by atoms with van der Waals surface area (Å²) in [6, 6.07) is 10.7. The summed E-state index contributed by atoms with van der Waals surface area (Å²) < 4.78 is 43.7. The zero-order valence-electron chi connectivity index (χ0n) is 18.5. The van der Waals surface area contributed by atoms with Crippen LogP contribution in [0.4, 0.5) is 5.69 Å². The van der Waals surface area contributed by atoms with Crippen molar-refractivity contribution in [3.63, 3.8) is 0 Å². The number of carbonyl (C=O) groups is 1. The van der Waals surface area contributed by atoms with E-state index in [-0.39, 0.29) is 29.1 Å². The fraction of sp³-hybridized carbons (Fsp3) is 0.409. The molecule has 31 heavy (non-hydrogen) atoms. The third kappa shape index (κ3) is 6.04. The van der Waals surface area contributed by atoms with E-state index in [1.165, 1.54) is 39.5 Å². The third-order valence-electron chi connectivity index (χ3n) is 4.72. The number of sulfonamides is 1. The topological polar surface area (TPSA) is 94.2 Å². The van der Waals surface area contributed by atoms with Crippen LogP contribution in [0.1, 0.15) is 26.7 Å². The molecule has 0 spiro atoms. The Balaban J connectivity index is 2.45. The number of rotatable bonds is 11. The zero-order chi connectivity index (χ0) is 23.0. The molecule has 1 amide bonds. The Morgan fingerprint density at radius 3 is 2.19 bits per heavy atom. The number of hydrogen-bond donors (Lipinski definition) is 1. The standard InChI is InChI=1S/C22H30N2O6S/c1-6-7-16(2)23-22(25)15-24(17-8-10-18(28-3)11-9-17)31(26,27)19-12-13-20(29-4)21(14-19)30-5/h8-14,16H,6-7,15H2,1-5H3,(H,23,25)/t16-/m0/s1. The van der Waals surface area contributed by atoms with Gasteiger partial charge < -0.3 is 19.5 Å². The number of carbonyl (C=O) groups excluding carboxylic acids is 1. The van der Waals surface area contributed by atoms with Crippen molar-refractivity contribution in [2.75, 3.05) is 32.2 Å². The minimum atomic E-state index is -4.08. The molecular weight excluding hydrogens is 420 g/mol. The lowest BCUT2D eigenvalue weighted by molar-refractivity contribution is -0.120. The number of methoxy groups -OCH3 is 3. The summed E-state index contributed by atoms with van der Waals surface area (Å²) in [4.78, 5) is 12.6. The van der Waals surface area contributed by atoms with E-state index < -0.39 is 10.0 Å². The van der Waals surface area contributed by atoms with E-state index in [0.717, 1.165) is 17.1 Å². The SMILES string of the molecule is CCC[C@H](C)NC(=O)CN(c1ccc(OC)cc1)S(=O)(=O)c1ccc(OC)c(OC)c1. The van der Waals surface area contributed by atoms with Crippen molar-refractivity contribution in [2.45, 2.75) is 37.6 Å². The fourth-order valence-electron chi connectivity index (χ4n) is 3.12. The number of amides is 1. The molecule has 0 fully saturated rings. The quantitative estimate of drug-likeness (QED) is 0.565. The van der Waals surface area contributed by atoms with Gasteiger partial charge in [0.1, 0.15) is 12.3 Å². The molecule has 2 aromatic rings. The fourth-order valence-corrected chi connectivity index (χ4v) is 4.56. The van der Waals surface area contributed by atoms with Gasteiger partial charge in [-0.25, -0.2) is 8.42 Å². The van der Waals surface area contributed by atoms with Crippen molar-refractivity contribution in [2.24, 2.45) is 0 Å². The molecule has 170 valence electrons. The first-order chi connectivity index (χ1) is 14.8. The molecule has 2 rings (SSSR count). The minimum absolute atomic E-state index is 0.0182. The molecule has 1 N–H and O–H groups in total. The summed E-state index contributed by atoms with van der Waals surface area (Å²) >= 11 is 0.